The number of anilines is 1. The van der Waals surface area contributed by atoms with Crippen LogP contribution in [0.15, 0.2) is 12.3 Å². The van der Waals surface area contributed by atoms with Crippen LogP contribution >= 0.6 is 0 Å². The largest absolute Gasteiger partial charge is 0.305 e. The van der Waals surface area contributed by atoms with Crippen LogP contribution in [0, 0.1) is 6.92 Å². The lowest BCUT2D eigenvalue weighted by Gasteiger charge is -2.10. The second-order valence-electron chi connectivity index (χ2n) is 6.12. The molecule has 22 heavy (non-hydrogen) atoms. The number of carbonyl (C=O) groups excluding carboxylic acids is 1. The van der Waals surface area contributed by atoms with E-state index in [4.69, 9.17) is 0 Å². The summed E-state index contributed by atoms with van der Waals surface area (Å²) in [7, 11) is 1.82. The minimum Gasteiger partial charge on any atom is -0.305 e. The van der Waals surface area contributed by atoms with E-state index in [2.05, 4.69) is 20.6 Å². The first-order chi connectivity index (χ1) is 10.6. The van der Waals surface area contributed by atoms with Crippen molar-refractivity contribution in [3.63, 3.8) is 0 Å². The summed E-state index contributed by atoms with van der Waals surface area (Å²) in [5.41, 5.74) is 2.57. The summed E-state index contributed by atoms with van der Waals surface area (Å²) in [5.74, 6) is 0.970. The Hall–Kier alpha value is -2.11. The summed E-state index contributed by atoms with van der Waals surface area (Å²) in [5, 5.41) is 14.3. The number of amides is 1. The van der Waals surface area contributed by atoms with E-state index in [0.29, 0.717) is 17.3 Å². The summed E-state index contributed by atoms with van der Waals surface area (Å²) in [6, 6.07) is 1.97. The van der Waals surface area contributed by atoms with Gasteiger partial charge >= 0.3 is 0 Å². The van der Waals surface area contributed by atoms with E-state index in [1.165, 1.54) is 38.5 Å². The third-order valence-corrected chi connectivity index (χ3v) is 4.61. The van der Waals surface area contributed by atoms with Crippen LogP contribution in [0.25, 0.3) is 0 Å². The summed E-state index contributed by atoms with van der Waals surface area (Å²) in [6.07, 6.45) is 9.21. The number of hydrogen-bond acceptors (Lipinski definition) is 3. The van der Waals surface area contributed by atoms with Crippen molar-refractivity contribution in [2.45, 2.75) is 51.4 Å². The highest BCUT2D eigenvalue weighted by molar-refractivity contribution is 6.04. The van der Waals surface area contributed by atoms with Gasteiger partial charge in [-0.1, -0.05) is 25.7 Å². The smallest absolute Gasteiger partial charge is 0.260 e. The molecule has 0 radical (unpaired) electrons. The maximum atomic E-state index is 12.3. The fourth-order valence-corrected chi connectivity index (χ4v) is 3.11. The van der Waals surface area contributed by atoms with Crippen LogP contribution in [0.1, 0.15) is 66.2 Å². The molecule has 0 spiro atoms. The molecule has 1 amide bonds. The standard InChI is InChI=1S/C16H23N5O/c1-11-13(10-17-21(11)2)16(22)18-15-9-14(19-20-15)12-7-5-3-4-6-8-12/h9-10,12H,3-8H2,1-2H3,(H2,18,19,20,22). The predicted molar refractivity (Wildman–Crippen MR) is 84.9 cm³/mol. The molecule has 0 bridgehead atoms. The van der Waals surface area contributed by atoms with E-state index in [-0.39, 0.29) is 5.91 Å². The molecule has 1 fully saturated rings. The normalized spacial score (nSPS) is 16.5. The SMILES string of the molecule is Cc1c(C(=O)Nc2cc(C3CCCCCC3)[nH]n2)cnn1C. The average molecular weight is 301 g/mol. The van der Waals surface area contributed by atoms with Crippen molar-refractivity contribution >= 4 is 11.7 Å². The van der Waals surface area contributed by atoms with Crippen molar-refractivity contribution in [1.29, 1.82) is 0 Å². The Balaban J connectivity index is 1.68. The van der Waals surface area contributed by atoms with Crippen LogP contribution in [0.2, 0.25) is 0 Å². The minimum absolute atomic E-state index is 0.162. The van der Waals surface area contributed by atoms with Crippen molar-refractivity contribution in [2.75, 3.05) is 5.32 Å². The molecule has 0 aromatic carbocycles. The van der Waals surface area contributed by atoms with Gasteiger partial charge in [-0.3, -0.25) is 14.6 Å². The fourth-order valence-electron chi connectivity index (χ4n) is 3.11. The number of nitrogens with zero attached hydrogens (tertiary/aromatic N) is 3. The topological polar surface area (TPSA) is 75.6 Å². The van der Waals surface area contributed by atoms with Crippen LogP contribution in [-0.4, -0.2) is 25.9 Å². The van der Waals surface area contributed by atoms with E-state index in [1.807, 2.05) is 20.0 Å². The minimum atomic E-state index is -0.162. The first kappa shape index (κ1) is 14.8. The van der Waals surface area contributed by atoms with Gasteiger partial charge in [-0.2, -0.15) is 10.2 Å². The molecule has 1 aliphatic rings. The fraction of sp³-hybridized carbons (Fsp3) is 0.562. The zero-order chi connectivity index (χ0) is 15.5. The maximum Gasteiger partial charge on any atom is 0.260 e. The quantitative estimate of drug-likeness (QED) is 0.855. The number of rotatable bonds is 3. The molecule has 0 saturated heterocycles. The molecule has 118 valence electrons. The molecular formula is C16H23N5O. The van der Waals surface area contributed by atoms with Gasteiger partial charge in [0.25, 0.3) is 5.91 Å². The lowest BCUT2D eigenvalue weighted by molar-refractivity contribution is 0.102. The molecule has 1 aliphatic carbocycles. The van der Waals surface area contributed by atoms with Crippen molar-refractivity contribution in [3.05, 3.63) is 29.2 Å². The van der Waals surface area contributed by atoms with E-state index in [0.717, 1.165) is 11.4 Å². The van der Waals surface area contributed by atoms with Crippen LogP contribution in [0.3, 0.4) is 0 Å². The number of hydrogen-bond donors (Lipinski definition) is 2. The third kappa shape index (κ3) is 3.05. The van der Waals surface area contributed by atoms with Crippen LogP contribution < -0.4 is 5.32 Å². The third-order valence-electron chi connectivity index (χ3n) is 4.61. The first-order valence-corrected chi connectivity index (χ1v) is 8.00. The summed E-state index contributed by atoms with van der Waals surface area (Å²) < 4.78 is 1.69. The van der Waals surface area contributed by atoms with E-state index in [9.17, 15) is 4.79 Å². The Kier molecular flexibility index (Phi) is 4.27. The van der Waals surface area contributed by atoms with Gasteiger partial charge in [0.2, 0.25) is 0 Å². The van der Waals surface area contributed by atoms with Gasteiger partial charge in [-0.15, -0.1) is 0 Å². The van der Waals surface area contributed by atoms with Crippen LogP contribution in [-0.2, 0) is 7.05 Å². The van der Waals surface area contributed by atoms with Gasteiger partial charge in [0, 0.05) is 30.4 Å². The van der Waals surface area contributed by atoms with Gasteiger partial charge in [0.05, 0.1) is 11.8 Å². The van der Waals surface area contributed by atoms with Gasteiger partial charge in [-0.05, 0) is 19.8 Å². The lowest BCUT2D eigenvalue weighted by atomic mass is 9.97. The molecule has 6 nitrogen and oxygen atoms in total. The molecule has 6 heteroatoms. The second-order valence-corrected chi connectivity index (χ2v) is 6.12. The van der Waals surface area contributed by atoms with Gasteiger partial charge in [-0.25, -0.2) is 0 Å². The summed E-state index contributed by atoms with van der Waals surface area (Å²) in [4.78, 5) is 12.3. The molecular weight excluding hydrogens is 278 g/mol. The zero-order valence-corrected chi connectivity index (χ0v) is 13.2. The molecule has 2 heterocycles. The Bertz CT molecular complexity index is 649. The zero-order valence-electron chi connectivity index (χ0n) is 13.2. The highest BCUT2D eigenvalue weighted by Crippen LogP contribution is 2.31. The summed E-state index contributed by atoms with van der Waals surface area (Å²) >= 11 is 0. The maximum absolute atomic E-state index is 12.3. The molecule has 1 saturated carbocycles. The molecule has 2 aromatic heterocycles. The van der Waals surface area contributed by atoms with E-state index in [1.54, 1.807) is 10.9 Å². The Labute approximate surface area is 130 Å². The highest BCUT2D eigenvalue weighted by Gasteiger charge is 2.18. The first-order valence-electron chi connectivity index (χ1n) is 8.00. The number of aromatic nitrogens is 4. The Morgan fingerprint density at radius 3 is 2.68 bits per heavy atom. The van der Waals surface area contributed by atoms with Crippen molar-refractivity contribution < 1.29 is 4.79 Å². The second kappa shape index (κ2) is 6.34. The van der Waals surface area contributed by atoms with Crippen molar-refractivity contribution in [2.24, 2.45) is 7.05 Å². The molecule has 0 unspecified atom stereocenters. The molecule has 3 rings (SSSR count). The monoisotopic (exact) mass is 301 g/mol. The number of H-pyrrole nitrogens is 1. The van der Waals surface area contributed by atoms with Gasteiger partial charge < -0.3 is 5.32 Å². The highest BCUT2D eigenvalue weighted by atomic mass is 16.1. The summed E-state index contributed by atoms with van der Waals surface area (Å²) in [6.45, 7) is 1.88. The van der Waals surface area contributed by atoms with Gasteiger partial charge in [0.1, 0.15) is 0 Å². The molecule has 2 aromatic rings. The number of nitrogens with one attached hydrogen (secondary N) is 2. The number of aromatic amines is 1. The van der Waals surface area contributed by atoms with Crippen LogP contribution in [0.5, 0.6) is 0 Å². The molecule has 2 N–H and O–H groups in total. The number of aryl methyl sites for hydroxylation is 1. The Morgan fingerprint density at radius 1 is 1.32 bits per heavy atom. The van der Waals surface area contributed by atoms with Crippen molar-refractivity contribution in [3.8, 4) is 0 Å². The Morgan fingerprint density at radius 2 is 2.05 bits per heavy atom. The van der Waals surface area contributed by atoms with E-state index < -0.39 is 0 Å². The van der Waals surface area contributed by atoms with Crippen LogP contribution in [0.4, 0.5) is 5.82 Å². The lowest BCUT2D eigenvalue weighted by Crippen LogP contribution is -2.13. The van der Waals surface area contributed by atoms with E-state index >= 15 is 0 Å². The number of carbonyl (C=O) groups is 1. The van der Waals surface area contributed by atoms with Crippen molar-refractivity contribution in [1.82, 2.24) is 20.0 Å². The molecule has 0 aliphatic heterocycles. The average Bonchev–Trinajstić information content (AvgIpc) is 2.97. The molecule has 0 atom stereocenters. The van der Waals surface area contributed by atoms with Gasteiger partial charge in [0.15, 0.2) is 5.82 Å². The predicted octanol–water partition coefficient (Wildman–Crippen LogP) is 3.14.